The maximum atomic E-state index is 13.2. The first kappa shape index (κ1) is 16.8. The van der Waals surface area contributed by atoms with Gasteiger partial charge in [0, 0.05) is 28.5 Å². The Morgan fingerprint density at radius 1 is 1.32 bits per heavy atom. The van der Waals surface area contributed by atoms with Gasteiger partial charge in [0.25, 0.3) is 5.92 Å². The van der Waals surface area contributed by atoms with E-state index in [2.05, 4.69) is 4.51 Å². The largest absolute Gasteiger partial charge is 0.456 e. The quantitative estimate of drug-likeness (QED) is 0.484. The van der Waals surface area contributed by atoms with Crippen LogP contribution in [0.15, 0.2) is 47.3 Å². The van der Waals surface area contributed by atoms with Gasteiger partial charge in [-0.1, -0.05) is 48.7 Å². The molecule has 0 N–H and O–H groups in total. The molecule has 1 fully saturated rings. The average molecular weight is 473 g/mol. The fourth-order valence-electron chi connectivity index (χ4n) is 2.74. The van der Waals surface area contributed by atoms with Crippen LogP contribution in [0, 0.1) is 9.49 Å². The van der Waals surface area contributed by atoms with Crippen LogP contribution in [-0.4, -0.2) is 15.0 Å². The summed E-state index contributed by atoms with van der Waals surface area (Å²) in [6, 6.07) is 13.1. The summed E-state index contributed by atoms with van der Waals surface area (Å²) in [7, 11) is 0. The zero-order valence-electron chi connectivity index (χ0n) is 13.0. The molecule has 1 heterocycles. The molecule has 0 spiro atoms. The number of hydrogen-bond donors (Lipinski definition) is 0. The summed E-state index contributed by atoms with van der Waals surface area (Å²) in [5.41, 5.74) is 0.683. The van der Waals surface area contributed by atoms with Gasteiger partial charge in [-0.3, -0.25) is 9.36 Å². The van der Waals surface area contributed by atoms with Crippen molar-refractivity contribution < 1.29 is 13.5 Å². The smallest absolute Gasteiger partial charge is 0.308 e. The number of hydrogen-bond acceptors (Lipinski definition) is 3. The van der Waals surface area contributed by atoms with Crippen molar-refractivity contribution in [1.29, 1.82) is 0 Å². The molecule has 1 saturated carbocycles. The number of thiazole rings is 1. The van der Waals surface area contributed by atoms with Gasteiger partial charge < -0.3 is 4.74 Å². The molecule has 0 amide bonds. The highest BCUT2D eigenvalue weighted by Crippen LogP contribution is 2.49. The van der Waals surface area contributed by atoms with E-state index < -0.39 is 11.8 Å². The maximum absolute atomic E-state index is 13.2. The molecule has 2 aromatic carbocycles. The van der Waals surface area contributed by atoms with E-state index in [0.717, 1.165) is 25.4 Å². The van der Waals surface area contributed by atoms with E-state index >= 15 is 0 Å². The summed E-state index contributed by atoms with van der Waals surface area (Å²) in [5.74, 6) is -1.96. The van der Waals surface area contributed by atoms with Crippen LogP contribution in [-0.2, 0) is 6.54 Å². The third-order valence-corrected chi connectivity index (χ3v) is 6.86. The number of alkyl halides is 2. The van der Waals surface area contributed by atoms with Gasteiger partial charge in [-0.05, 0) is 24.3 Å². The lowest BCUT2D eigenvalue weighted by molar-refractivity contribution is 0.0953. The highest BCUT2D eigenvalue weighted by Gasteiger charge is 2.56. The lowest BCUT2D eigenvalue weighted by Gasteiger charge is -2.09. The Labute approximate surface area is 156 Å². The topological polar surface area (TPSA) is 31.2 Å². The zero-order chi connectivity index (χ0) is 17.6. The second-order valence-corrected chi connectivity index (χ2v) is 8.85. The number of rotatable bonds is 5. The van der Waals surface area contributed by atoms with E-state index in [-0.39, 0.29) is 38.6 Å². The van der Waals surface area contributed by atoms with Crippen molar-refractivity contribution >= 4 is 46.8 Å². The number of halogens is 3. The maximum Gasteiger partial charge on any atom is 0.308 e. The SMILES string of the molecule is C=Ic1ccccc1Oc1ccc2c(c1)sc(=O)n2CC1CC1(F)F. The van der Waals surface area contributed by atoms with E-state index in [4.69, 9.17) is 4.74 Å². The summed E-state index contributed by atoms with van der Waals surface area (Å²) in [4.78, 5) is 12.0. The molecule has 0 aliphatic heterocycles. The Bertz CT molecular complexity index is 1030. The molecule has 25 heavy (non-hydrogen) atoms. The summed E-state index contributed by atoms with van der Waals surface area (Å²) < 4.78 is 39.6. The van der Waals surface area contributed by atoms with E-state index in [1.54, 1.807) is 18.2 Å². The second kappa shape index (κ2) is 6.28. The summed E-state index contributed by atoms with van der Waals surface area (Å²) >= 11 is 0.703. The van der Waals surface area contributed by atoms with Crippen LogP contribution in [0.4, 0.5) is 8.78 Å². The first-order valence-corrected chi connectivity index (χ1v) is 11.1. The normalized spacial score (nSPS) is 18.4. The molecular weight excluding hydrogens is 459 g/mol. The molecule has 1 aromatic heterocycles. The fraction of sp³-hybridized carbons (Fsp3) is 0.222. The number of ether oxygens (including phenoxy) is 1. The lowest BCUT2D eigenvalue weighted by Crippen LogP contribution is -2.15. The van der Waals surface area contributed by atoms with Gasteiger partial charge in [0.05, 0.1) is 10.2 Å². The molecule has 1 atom stereocenters. The third kappa shape index (κ3) is 3.27. The number of para-hydroxylation sites is 1. The Morgan fingerprint density at radius 3 is 2.80 bits per heavy atom. The van der Waals surface area contributed by atoms with Crippen LogP contribution >= 0.6 is 32.1 Å². The van der Waals surface area contributed by atoms with Crippen LogP contribution in [0.25, 0.3) is 10.2 Å². The second-order valence-electron chi connectivity index (χ2n) is 5.94. The monoisotopic (exact) mass is 473 g/mol. The number of aromatic nitrogens is 1. The summed E-state index contributed by atoms with van der Waals surface area (Å²) in [6.45, 7) is 0.0702. The minimum atomic E-state index is -2.63. The van der Waals surface area contributed by atoms with Gasteiger partial charge in [-0.15, -0.1) is 0 Å². The highest BCUT2D eigenvalue weighted by molar-refractivity contribution is 14.2. The molecule has 1 aliphatic carbocycles. The average Bonchev–Trinajstić information content (AvgIpc) is 3.07. The minimum Gasteiger partial charge on any atom is -0.456 e. The molecule has 0 radical (unpaired) electrons. The zero-order valence-corrected chi connectivity index (χ0v) is 16.0. The van der Waals surface area contributed by atoms with Gasteiger partial charge in [-0.25, -0.2) is 8.78 Å². The molecule has 1 aliphatic rings. The van der Waals surface area contributed by atoms with Crippen molar-refractivity contribution in [3.8, 4) is 11.5 Å². The van der Waals surface area contributed by atoms with Gasteiger partial charge >= 0.3 is 4.87 Å². The van der Waals surface area contributed by atoms with Crippen molar-refractivity contribution in [3.05, 3.63) is 55.7 Å². The molecule has 1 unspecified atom stereocenters. The van der Waals surface area contributed by atoms with Crippen LogP contribution in [0.5, 0.6) is 11.5 Å². The Hall–Kier alpha value is -1.61. The Kier molecular flexibility index (Phi) is 4.23. The summed E-state index contributed by atoms with van der Waals surface area (Å²) in [5, 5.41) is 0. The van der Waals surface area contributed by atoms with Crippen LogP contribution < -0.4 is 9.61 Å². The standard InChI is InChI=1S/C18H14F2INO2S/c1-21-13-4-2-3-5-15(13)24-12-6-7-14-16(8-12)25-17(23)22(14)10-11-9-18(11,19)20/h2-8,11H,1,9-10H2. The van der Waals surface area contributed by atoms with Gasteiger partial charge in [0.1, 0.15) is 11.5 Å². The van der Waals surface area contributed by atoms with Gasteiger partial charge in [-0.2, -0.15) is 0 Å². The number of fused-ring (bicyclic) bond motifs is 1. The lowest BCUT2D eigenvalue weighted by atomic mass is 10.3. The molecule has 0 bridgehead atoms. The van der Waals surface area contributed by atoms with E-state index in [1.165, 1.54) is 4.57 Å². The van der Waals surface area contributed by atoms with Crippen LogP contribution in [0.2, 0.25) is 0 Å². The molecule has 7 heteroatoms. The van der Waals surface area contributed by atoms with Crippen LogP contribution in [0.3, 0.4) is 0 Å². The van der Waals surface area contributed by atoms with Gasteiger partial charge in [0.15, 0.2) is 0 Å². The molecular formula is C18H14F2INO2S. The van der Waals surface area contributed by atoms with Crippen molar-refractivity contribution in [2.75, 3.05) is 0 Å². The fourth-order valence-corrected chi connectivity index (χ4v) is 4.79. The predicted molar refractivity (Wildman–Crippen MR) is 105 cm³/mol. The Morgan fingerprint density at radius 2 is 2.08 bits per heavy atom. The minimum absolute atomic E-state index is 0.0702. The molecule has 3 nitrogen and oxygen atoms in total. The summed E-state index contributed by atoms with van der Waals surface area (Å²) in [6.07, 6.45) is -0.136. The molecule has 130 valence electrons. The van der Waals surface area contributed by atoms with E-state index in [1.807, 2.05) is 24.3 Å². The van der Waals surface area contributed by atoms with Crippen molar-refractivity contribution in [3.63, 3.8) is 0 Å². The first-order chi connectivity index (χ1) is 12.0. The van der Waals surface area contributed by atoms with Crippen molar-refractivity contribution in [2.24, 2.45) is 5.92 Å². The van der Waals surface area contributed by atoms with Crippen molar-refractivity contribution in [2.45, 2.75) is 18.9 Å². The Balaban J connectivity index is 1.65. The van der Waals surface area contributed by atoms with E-state index in [0.29, 0.717) is 11.3 Å². The number of nitrogens with zero attached hydrogens (tertiary/aromatic N) is 1. The van der Waals surface area contributed by atoms with E-state index in [9.17, 15) is 13.6 Å². The molecule has 4 rings (SSSR count). The predicted octanol–water partition coefficient (Wildman–Crippen LogP) is 5.08. The molecule has 0 saturated heterocycles. The number of benzene rings is 2. The molecule has 3 aromatic rings. The van der Waals surface area contributed by atoms with Crippen LogP contribution in [0.1, 0.15) is 6.42 Å². The third-order valence-electron chi connectivity index (χ3n) is 4.21. The van der Waals surface area contributed by atoms with Gasteiger partial charge in [0.2, 0.25) is 0 Å². The first-order valence-electron chi connectivity index (χ1n) is 7.64. The highest BCUT2D eigenvalue weighted by atomic mass is 127. The van der Waals surface area contributed by atoms with Crippen molar-refractivity contribution in [1.82, 2.24) is 4.57 Å².